The maximum absolute atomic E-state index is 13.3. The van der Waals surface area contributed by atoms with Crippen LogP contribution in [0.25, 0.3) is 0 Å². The van der Waals surface area contributed by atoms with Crippen LogP contribution in [0.2, 0.25) is 10.0 Å². The SMILES string of the molecule is COc1ccc(/C=N/NC(=O)CN(c2cccc(Cl)c2Cl)S(=O)(=O)c2ccccc2)c(OC)c1. The monoisotopic (exact) mass is 521 g/mol. The Morgan fingerprint density at radius 3 is 2.44 bits per heavy atom. The number of methoxy groups -OCH3 is 2. The topological polar surface area (TPSA) is 97.3 Å². The minimum atomic E-state index is -4.14. The quantitative estimate of drug-likeness (QED) is 0.333. The summed E-state index contributed by atoms with van der Waals surface area (Å²) in [6.07, 6.45) is 1.37. The second kappa shape index (κ2) is 11.2. The van der Waals surface area contributed by atoms with Gasteiger partial charge < -0.3 is 9.47 Å². The summed E-state index contributed by atoms with van der Waals surface area (Å²) < 4.78 is 38.0. The summed E-state index contributed by atoms with van der Waals surface area (Å²) in [4.78, 5) is 12.7. The molecule has 0 aliphatic heterocycles. The van der Waals surface area contributed by atoms with Crippen molar-refractivity contribution < 1.29 is 22.7 Å². The predicted molar refractivity (Wildman–Crippen MR) is 133 cm³/mol. The Balaban J connectivity index is 1.86. The molecule has 0 aromatic heterocycles. The smallest absolute Gasteiger partial charge is 0.264 e. The molecule has 8 nitrogen and oxygen atoms in total. The number of hydrogen-bond acceptors (Lipinski definition) is 6. The number of rotatable bonds is 9. The summed E-state index contributed by atoms with van der Waals surface area (Å²) in [5.74, 6) is 0.383. The van der Waals surface area contributed by atoms with Gasteiger partial charge in [0.05, 0.1) is 41.1 Å². The van der Waals surface area contributed by atoms with Crippen molar-refractivity contribution in [1.29, 1.82) is 0 Å². The number of carbonyl (C=O) groups excluding carboxylic acids is 1. The van der Waals surface area contributed by atoms with Crippen LogP contribution in [-0.4, -0.2) is 41.3 Å². The first-order valence-electron chi connectivity index (χ1n) is 9.83. The first kappa shape index (κ1) is 25.4. The third kappa shape index (κ3) is 5.80. The number of ether oxygens (including phenoxy) is 2. The number of benzene rings is 3. The number of carbonyl (C=O) groups is 1. The minimum absolute atomic E-state index is 0.00273. The van der Waals surface area contributed by atoms with Crippen LogP contribution in [-0.2, 0) is 14.8 Å². The zero-order valence-corrected chi connectivity index (χ0v) is 20.6. The molecule has 1 amide bonds. The highest BCUT2D eigenvalue weighted by atomic mass is 35.5. The molecular formula is C23H21Cl2N3O5S. The van der Waals surface area contributed by atoms with Gasteiger partial charge in [-0.1, -0.05) is 47.5 Å². The lowest BCUT2D eigenvalue weighted by atomic mass is 10.2. The van der Waals surface area contributed by atoms with E-state index in [0.717, 1.165) is 4.31 Å². The molecule has 34 heavy (non-hydrogen) atoms. The van der Waals surface area contributed by atoms with Crippen molar-refractivity contribution in [2.75, 3.05) is 25.1 Å². The highest BCUT2D eigenvalue weighted by molar-refractivity contribution is 7.92. The van der Waals surface area contributed by atoms with Crippen molar-refractivity contribution in [2.24, 2.45) is 5.10 Å². The van der Waals surface area contributed by atoms with Gasteiger partial charge in [0.2, 0.25) is 0 Å². The fourth-order valence-corrected chi connectivity index (χ4v) is 4.87. The molecule has 0 atom stereocenters. The lowest BCUT2D eigenvalue weighted by Gasteiger charge is -2.24. The summed E-state index contributed by atoms with van der Waals surface area (Å²) in [5.41, 5.74) is 2.97. The Bertz CT molecular complexity index is 1300. The highest BCUT2D eigenvalue weighted by Gasteiger charge is 2.29. The normalized spacial score (nSPS) is 11.3. The molecular weight excluding hydrogens is 501 g/mol. The Kier molecular flexibility index (Phi) is 8.38. The first-order chi connectivity index (χ1) is 16.3. The maximum atomic E-state index is 13.3. The van der Waals surface area contributed by atoms with E-state index >= 15 is 0 Å². The van der Waals surface area contributed by atoms with Crippen LogP contribution in [0.15, 0.2) is 76.7 Å². The third-order valence-electron chi connectivity index (χ3n) is 4.65. The van der Waals surface area contributed by atoms with Gasteiger partial charge in [0.1, 0.15) is 18.0 Å². The van der Waals surface area contributed by atoms with Crippen LogP contribution in [0.5, 0.6) is 11.5 Å². The van der Waals surface area contributed by atoms with Crippen LogP contribution in [0, 0.1) is 0 Å². The minimum Gasteiger partial charge on any atom is -0.497 e. The molecule has 0 saturated carbocycles. The number of amides is 1. The first-order valence-corrected chi connectivity index (χ1v) is 12.0. The van der Waals surface area contributed by atoms with Crippen LogP contribution in [0.3, 0.4) is 0 Å². The highest BCUT2D eigenvalue weighted by Crippen LogP contribution is 2.35. The number of nitrogens with one attached hydrogen (secondary N) is 1. The van der Waals surface area contributed by atoms with Gasteiger partial charge in [0.15, 0.2) is 0 Å². The molecule has 3 aromatic carbocycles. The van der Waals surface area contributed by atoms with E-state index in [2.05, 4.69) is 10.5 Å². The Morgan fingerprint density at radius 2 is 1.76 bits per heavy atom. The molecule has 0 aliphatic carbocycles. The third-order valence-corrected chi connectivity index (χ3v) is 7.23. The van der Waals surface area contributed by atoms with Gasteiger partial charge >= 0.3 is 0 Å². The van der Waals surface area contributed by atoms with Gasteiger partial charge in [-0.05, 0) is 36.4 Å². The molecule has 0 unspecified atom stereocenters. The van der Waals surface area contributed by atoms with Gasteiger partial charge in [-0.3, -0.25) is 9.10 Å². The van der Waals surface area contributed by atoms with Crippen LogP contribution < -0.4 is 19.2 Å². The molecule has 3 aromatic rings. The van der Waals surface area contributed by atoms with E-state index in [1.54, 1.807) is 42.5 Å². The molecule has 11 heteroatoms. The van der Waals surface area contributed by atoms with Crippen molar-refractivity contribution in [3.05, 3.63) is 82.3 Å². The Hall–Kier alpha value is -3.27. The molecule has 0 spiro atoms. The molecule has 0 saturated heterocycles. The van der Waals surface area contributed by atoms with Gasteiger partial charge in [-0.25, -0.2) is 13.8 Å². The average molecular weight is 522 g/mol. The number of hydrazone groups is 1. The lowest BCUT2D eigenvalue weighted by Crippen LogP contribution is -2.39. The second-order valence-electron chi connectivity index (χ2n) is 6.80. The Labute approximate surface area is 207 Å². The summed E-state index contributed by atoms with van der Waals surface area (Å²) in [6, 6.07) is 17.3. The van der Waals surface area contributed by atoms with Gasteiger partial charge in [-0.15, -0.1) is 0 Å². The standard InChI is InChI=1S/C23H21Cl2N3O5S/c1-32-17-12-11-16(21(13-17)33-2)14-26-27-22(29)15-28(20-10-6-9-19(24)23(20)25)34(30,31)18-7-4-3-5-8-18/h3-14H,15H2,1-2H3,(H,27,29)/b26-14+. The van der Waals surface area contributed by atoms with Gasteiger partial charge in [-0.2, -0.15) is 5.10 Å². The van der Waals surface area contributed by atoms with Crippen molar-refractivity contribution in [2.45, 2.75) is 4.90 Å². The van der Waals surface area contributed by atoms with E-state index in [0.29, 0.717) is 17.1 Å². The van der Waals surface area contributed by atoms with Gasteiger partial charge in [0, 0.05) is 11.6 Å². The molecule has 1 N–H and O–H groups in total. The van der Waals surface area contributed by atoms with Crippen molar-refractivity contribution in [1.82, 2.24) is 5.43 Å². The largest absolute Gasteiger partial charge is 0.497 e. The van der Waals surface area contributed by atoms with Crippen LogP contribution in [0.4, 0.5) is 5.69 Å². The lowest BCUT2D eigenvalue weighted by molar-refractivity contribution is -0.119. The van der Waals surface area contributed by atoms with Crippen molar-refractivity contribution in [3.8, 4) is 11.5 Å². The molecule has 0 bridgehead atoms. The van der Waals surface area contributed by atoms with Crippen LogP contribution >= 0.6 is 23.2 Å². The Morgan fingerprint density at radius 1 is 1.03 bits per heavy atom. The average Bonchev–Trinajstić information content (AvgIpc) is 2.85. The van der Waals surface area contributed by atoms with Crippen molar-refractivity contribution in [3.63, 3.8) is 0 Å². The number of hydrogen-bond donors (Lipinski definition) is 1. The molecule has 3 rings (SSSR count). The maximum Gasteiger partial charge on any atom is 0.264 e. The molecule has 0 aliphatic rings. The van der Waals surface area contributed by atoms with Gasteiger partial charge in [0.25, 0.3) is 15.9 Å². The van der Waals surface area contributed by atoms with Crippen molar-refractivity contribution >= 4 is 51.0 Å². The molecule has 0 heterocycles. The van der Waals surface area contributed by atoms with E-state index in [-0.39, 0.29) is 20.6 Å². The van der Waals surface area contributed by atoms with E-state index in [4.69, 9.17) is 32.7 Å². The number of sulfonamides is 1. The molecule has 178 valence electrons. The zero-order valence-electron chi connectivity index (χ0n) is 18.2. The number of halogens is 2. The van der Waals surface area contributed by atoms with E-state index < -0.39 is 22.5 Å². The fourth-order valence-electron chi connectivity index (χ4n) is 2.97. The predicted octanol–water partition coefficient (Wildman–Crippen LogP) is 4.36. The summed E-state index contributed by atoms with van der Waals surface area (Å²) in [5, 5.41) is 4.07. The molecule has 0 fully saturated rings. The van der Waals surface area contributed by atoms with E-state index in [1.807, 2.05) is 0 Å². The fraction of sp³-hybridized carbons (Fsp3) is 0.130. The summed E-state index contributed by atoms with van der Waals surface area (Å²) in [7, 11) is -1.12. The van der Waals surface area contributed by atoms with E-state index in [9.17, 15) is 13.2 Å². The zero-order chi connectivity index (χ0) is 24.7. The summed E-state index contributed by atoms with van der Waals surface area (Å²) in [6.45, 7) is -0.589. The number of anilines is 1. The second-order valence-corrected chi connectivity index (χ2v) is 9.45. The molecule has 0 radical (unpaired) electrons. The van der Waals surface area contributed by atoms with Crippen LogP contribution in [0.1, 0.15) is 5.56 Å². The number of nitrogens with zero attached hydrogens (tertiary/aromatic N) is 2. The van der Waals surface area contributed by atoms with E-state index in [1.165, 1.54) is 44.7 Å². The summed E-state index contributed by atoms with van der Waals surface area (Å²) >= 11 is 12.4.